The lowest BCUT2D eigenvalue weighted by atomic mass is 9.49. The van der Waals surface area contributed by atoms with Crippen molar-refractivity contribution in [1.29, 1.82) is 0 Å². The maximum absolute atomic E-state index is 13.4. The number of ether oxygens (including phenoxy) is 3. The minimum atomic E-state index is -1.17. The Balaban J connectivity index is 1.39. The summed E-state index contributed by atoms with van der Waals surface area (Å²) in [4.78, 5) is 39.9. The number of aliphatic hydroxyl groups is 1. The molecule has 1 amide bonds. The Morgan fingerprint density at radius 2 is 2.09 bits per heavy atom. The highest BCUT2D eigenvalue weighted by Crippen LogP contribution is 2.65. The van der Waals surface area contributed by atoms with Crippen LogP contribution in [-0.4, -0.2) is 71.3 Å². The molecule has 6 rings (SSSR count). The summed E-state index contributed by atoms with van der Waals surface area (Å²) in [5.41, 5.74) is -0.208. The second kappa shape index (κ2) is 7.18. The van der Waals surface area contributed by atoms with E-state index in [0.717, 1.165) is 17.7 Å². The van der Waals surface area contributed by atoms with Crippen LogP contribution in [0.2, 0.25) is 0 Å². The van der Waals surface area contributed by atoms with Crippen molar-refractivity contribution in [3.8, 4) is 11.5 Å². The smallest absolute Gasteiger partial charge is 0.413 e. The van der Waals surface area contributed by atoms with E-state index < -0.39 is 35.2 Å². The number of esters is 1. The molecule has 0 radical (unpaired) electrons. The number of hydrogen-bond donors (Lipinski definition) is 2. The van der Waals surface area contributed by atoms with Crippen LogP contribution in [0.4, 0.5) is 4.79 Å². The van der Waals surface area contributed by atoms with Crippen molar-refractivity contribution in [1.82, 2.24) is 10.2 Å². The minimum Gasteiger partial charge on any atom is -0.477 e. The van der Waals surface area contributed by atoms with Crippen LogP contribution < -0.4 is 14.8 Å². The molecule has 5 aliphatic rings. The van der Waals surface area contributed by atoms with Gasteiger partial charge in [-0.25, -0.2) is 9.59 Å². The Labute approximate surface area is 197 Å². The highest BCUT2D eigenvalue weighted by molar-refractivity contribution is 5.91. The summed E-state index contributed by atoms with van der Waals surface area (Å²) in [6.45, 7) is 4.26. The van der Waals surface area contributed by atoms with Crippen molar-refractivity contribution >= 4 is 17.8 Å². The summed E-state index contributed by atoms with van der Waals surface area (Å²) in [5.74, 6) is 0.568. The van der Waals surface area contributed by atoms with Crippen LogP contribution in [0.15, 0.2) is 12.1 Å². The van der Waals surface area contributed by atoms with Crippen molar-refractivity contribution in [2.75, 3.05) is 13.7 Å². The van der Waals surface area contributed by atoms with Gasteiger partial charge in [0.1, 0.15) is 6.04 Å². The largest absolute Gasteiger partial charge is 0.477 e. The van der Waals surface area contributed by atoms with Gasteiger partial charge in [-0.1, -0.05) is 6.07 Å². The van der Waals surface area contributed by atoms with Gasteiger partial charge >= 0.3 is 12.1 Å². The number of methoxy groups -OCH3 is 1. The molecule has 9 heteroatoms. The second-order valence-electron chi connectivity index (χ2n) is 10.7. The number of nitrogens with one attached hydrogen (secondary N) is 1. The van der Waals surface area contributed by atoms with Gasteiger partial charge in [0.15, 0.2) is 23.4 Å². The molecular formula is C25H30N2O7. The fourth-order valence-corrected chi connectivity index (χ4v) is 6.92. The number of amides is 1. The van der Waals surface area contributed by atoms with Crippen molar-refractivity contribution in [2.24, 2.45) is 5.92 Å². The Kier molecular flexibility index (Phi) is 4.61. The van der Waals surface area contributed by atoms with E-state index in [4.69, 9.17) is 9.47 Å². The first-order valence-corrected chi connectivity index (χ1v) is 12.1. The predicted octanol–water partition coefficient (Wildman–Crippen LogP) is 1.47. The summed E-state index contributed by atoms with van der Waals surface area (Å²) in [6.07, 6.45) is 2.48. The maximum Gasteiger partial charge on any atom is 0.413 e. The van der Waals surface area contributed by atoms with E-state index in [-0.39, 0.29) is 23.6 Å². The molecule has 2 saturated carbocycles. The molecule has 9 nitrogen and oxygen atoms in total. The number of nitrogens with zero attached hydrogens (tertiary/aromatic N) is 1. The third-order valence-electron chi connectivity index (χ3n) is 8.72. The zero-order valence-electron chi connectivity index (χ0n) is 19.6. The number of Topliss-reactive ketones (excluding diaryl/α,β-unsaturated/α-hetero) is 1. The number of piperidine rings is 1. The normalized spacial score (nSPS) is 35.9. The van der Waals surface area contributed by atoms with E-state index in [1.165, 1.54) is 26.9 Å². The predicted molar refractivity (Wildman–Crippen MR) is 119 cm³/mol. The fourth-order valence-electron chi connectivity index (χ4n) is 6.92. The van der Waals surface area contributed by atoms with Gasteiger partial charge in [0.05, 0.1) is 18.1 Å². The lowest BCUT2D eigenvalue weighted by Gasteiger charge is -2.64. The molecule has 3 fully saturated rings. The van der Waals surface area contributed by atoms with E-state index in [2.05, 4.69) is 15.0 Å². The molecule has 1 spiro atoms. The molecule has 1 aromatic carbocycles. The van der Waals surface area contributed by atoms with Crippen LogP contribution in [-0.2, 0) is 26.2 Å². The molecule has 1 saturated heterocycles. The van der Waals surface area contributed by atoms with E-state index in [1.807, 2.05) is 13.0 Å². The lowest BCUT2D eigenvalue weighted by molar-refractivity contribution is -0.191. The van der Waals surface area contributed by atoms with Crippen molar-refractivity contribution < 1.29 is 33.7 Å². The molecule has 34 heavy (non-hydrogen) atoms. The van der Waals surface area contributed by atoms with Gasteiger partial charge in [0.2, 0.25) is 0 Å². The standard InChI is InChI=1S/C25H30N2O7/c1-12(22(29)32-3)26-23(30)33-17-7-6-14-8-18-24(2,31)25-10-15(27(18)11-13-4-5-13)9-16(28)21(25)34-20(17)19(14)25/h6-7,12-13,15,18,21,31H,4-5,8-11H2,1-3H3,(H,26,30)/t12-,15?,18+,21?,24?,25-/m0/s1. The number of hydrogen-bond acceptors (Lipinski definition) is 8. The molecule has 2 aliphatic heterocycles. The minimum absolute atomic E-state index is 0.0189. The third kappa shape index (κ3) is 2.83. The monoisotopic (exact) mass is 470 g/mol. The van der Waals surface area contributed by atoms with Crippen LogP contribution in [0.25, 0.3) is 0 Å². The molecule has 0 aromatic heterocycles. The number of benzene rings is 1. The Morgan fingerprint density at radius 1 is 1.32 bits per heavy atom. The highest BCUT2D eigenvalue weighted by atomic mass is 16.6. The van der Waals surface area contributed by atoms with Gasteiger partial charge < -0.3 is 24.6 Å². The number of fused-ring (bicyclic) bond motifs is 2. The molecular weight excluding hydrogens is 440 g/mol. The van der Waals surface area contributed by atoms with Gasteiger partial charge in [0, 0.05) is 30.6 Å². The van der Waals surface area contributed by atoms with E-state index in [9.17, 15) is 19.5 Å². The molecule has 1 aromatic rings. The van der Waals surface area contributed by atoms with Gasteiger partial charge in [-0.15, -0.1) is 0 Å². The van der Waals surface area contributed by atoms with Crippen LogP contribution in [0.5, 0.6) is 11.5 Å². The average molecular weight is 471 g/mol. The average Bonchev–Trinajstić information content (AvgIpc) is 3.53. The summed E-state index contributed by atoms with van der Waals surface area (Å²) >= 11 is 0. The third-order valence-corrected chi connectivity index (χ3v) is 8.72. The first-order valence-electron chi connectivity index (χ1n) is 12.1. The number of ketones is 1. The van der Waals surface area contributed by atoms with Crippen LogP contribution in [0.3, 0.4) is 0 Å². The first kappa shape index (κ1) is 21.9. The quantitative estimate of drug-likeness (QED) is 0.622. The van der Waals surface area contributed by atoms with E-state index >= 15 is 0 Å². The number of likely N-dealkylation sites (tertiary alicyclic amines) is 1. The summed E-state index contributed by atoms with van der Waals surface area (Å²) in [7, 11) is 1.24. The Bertz CT molecular complexity index is 1100. The van der Waals surface area contributed by atoms with Crippen LogP contribution in [0.1, 0.15) is 50.7 Å². The molecule has 3 aliphatic carbocycles. The Hall–Kier alpha value is -2.65. The fraction of sp³-hybridized carbons (Fsp3) is 0.640. The lowest BCUT2D eigenvalue weighted by Crippen LogP contribution is -2.78. The summed E-state index contributed by atoms with van der Waals surface area (Å²) in [5, 5.41) is 14.5. The zero-order chi connectivity index (χ0) is 24.0. The SMILES string of the molecule is COC(=O)[C@H](C)NC(=O)Oc1ccc2c3c1OC1C(=O)CC4C[C@]31C(C)(O)[C@@H](C2)N4CC1CC1. The second-order valence-corrected chi connectivity index (χ2v) is 10.7. The van der Waals surface area contributed by atoms with Gasteiger partial charge in [-0.2, -0.15) is 0 Å². The molecule has 2 heterocycles. The van der Waals surface area contributed by atoms with Crippen LogP contribution in [0, 0.1) is 5.92 Å². The Morgan fingerprint density at radius 3 is 2.79 bits per heavy atom. The highest BCUT2D eigenvalue weighted by Gasteiger charge is 2.73. The number of carbonyl (C=O) groups is 3. The summed E-state index contributed by atoms with van der Waals surface area (Å²) in [6, 6.07) is 2.68. The molecule has 3 unspecified atom stereocenters. The van der Waals surface area contributed by atoms with E-state index in [0.29, 0.717) is 30.9 Å². The van der Waals surface area contributed by atoms with Gasteiger partial charge in [-0.3, -0.25) is 9.69 Å². The summed E-state index contributed by atoms with van der Waals surface area (Å²) < 4.78 is 16.4. The van der Waals surface area contributed by atoms with E-state index in [1.54, 1.807) is 6.07 Å². The molecule has 3 bridgehead atoms. The maximum atomic E-state index is 13.4. The topological polar surface area (TPSA) is 114 Å². The number of rotatable bonds is 5. The number of carbonyl (C=O) groups excluding carboxylic acids is 3. The van der Waals surface area contributed by atoms with Crippen molar-refractivity contribution in [3.63, 3.8) is 0 Å². The molecule has 2 N–H and O–H groups in total. The van der Waals surface area contributed by atoms with Crippen molar-refractivity contribution in [2.45, 2.75) is 81.2 Å². The first-order chi connectivity index (χ1) is 16.2. The zero-order valence-corrected chi connectivity index (χ0v) is 19.6. The molecule has 182 valence electrons. The van der Waals surface area contributed by atoms with Gasteiger partial charge in [0.25, 0.3) is 0 Å². The van der Waals surface area contributed by atoms with Crippen molar-refractivity contribution in [3.05, 3.63) is 23.3 Å². The van der Waals surface area contributed by atoms with Crippen LogP contribution >= 0.6 is 0 Å². The van der Waals surface area contributed by atoms with Gasteiger partial charge in [-0.05, 0) is 57.1 Å². The molecule has 6 atom stereocenters.